The van der Waals surface area contributed by atoms with Crippen LogP contribution in [-0.4, -0.2) is 135 Å². The van der Waals surface area contributed by atoms with E-state index in [0.29, 0.717) is 19.5 Å². The second kappa shape index (κ2) is 12.0. The summed E-state index contributed by atoms with van der Waals surface area (Å²) in [6.45, 7) is 5.99. The fourth-order valence-electron chi connectivity index (χ4n) is 12.7. The number of aliphatic hydroxyl groups is 2. The van der Waals surface area contributed by atoms with E-state index in [1.165, 1.54) is 21.0 Å². The lowest BCUT2D eigenvalue weighted by Crippen LogP contribution is -2.81. The van der Waals surface area contributed by atoms with Gasteiger partial charge in [-0.3, -0.25) is 14.5 Å². The highest BCUT2D eigenvalue weighted by Gasteiger charge is 2.92. The number of fused-ring (bicyclic) bond motifs is 2. The van der Waals surface area contributed by atoms with Gasteiger partial charge < -0.3 is 43.4 Å². The Morgan fingerprint density at radius 3 is 2.20 bits per heavy atom. The molecule has 7 rings (SSSR count). The van der Waals surface area contributed by atoms with Crippen LogP contribution >= 0.6 is 0 Å². The number of piperidine rings is 1. The smallest absolute Gasteiger partial charge is 0.338 e. The summed E-state index contributed by atoms with van der Waals surface area (Å²) in [7, 11) is 6.25. The van der Waals surface area contributed by atoms with E-state index in [0.717, 1.165) is 0 Å². The third kappa shape index (κ3) is 4.21. The van der Waals surface area contributed by atoms with Crippen molar-refractivity contribution in [3.8, 4) is 0 Å². The molecular formula is C36H49NO12. The molecular weight excluding hydrogens is 638 g/mol. The minimum Gasteiger partial charge on any atom is -0.462 e. The molecule has 1 unspecified atom stereocenters. The van der Waals surface area contributed by atoms with Crippen molar-refractivity contribution in [2.75, 3.05) is 48.1 Å². The minimum atomic E-state index is -1.86. The quantitative estimate of drug-likeness (QED) is 0.267. The van der Waals surface area contributed by atoms with Crippen LogP contribution in [0.3, 0.4) is 0 Å². The monoisotopic (exact) mass is 687 g/mol. The highest BCUT2D eigenvalue weighted by molar-refractivity contribution is 5.89. The highest BCUT2D eigenvalue weighted by Crippen LogP contribution is 2.80. The maximum atomic E-state index is 13.8. The van der Waals surface area contributed by atoms with Crippen LogP contribution in [0.2, 0.25) is 0 Å². The van der Waals surface area contributed by atoms with Crippen molar-refractivity contribution < 1.29 is 57.8 Å². The first-order valence-electron chi connectivity index (χ1n) is 17.2. The Kier molecular flexibility index (Phi) is 8.49. The van der Waals surface area contributed by atoms with Crippen LogP contribution in [0.4, 0.5) is 0 Å². The highest BCUT2D eigenvalue weighted by atomic mass is 16.6. The summed E-state index contributed by atoms with van der Waals surface area (Å²) < 4.78 is 43.9. The maximum Gasteiger partial charge on any atom is 0.338 e. The van der Waals surface area contributed by atoms with E-state index < -0.39 is 100 Å². The predicted octanol–water partition coefficient (Wildman–Crippen LogP) is 1.22. The van der Waals surface area contributed by atoms with Gasteiger partial charge in [0.25, 0.3) is 0 Å². The number of benzene rings is 1. The van der Waals surface area contributed by atoms with E-state index in [9.17, 15) is 24.6 Å². The van der Waals surface area contributed by atoms with Gasteiger partial charge in [0.15, 0.2) is 5.60 Å². The van der Waals surface area contributed by atoms with Gasteiger partial charge in [0.2, 0.25) is 0 Å². The first kappa shape index (κ1) is 34.8. The Bertz CT molecular complexity index is 1480. The van der Waals surface area contributed by atoms with Gasteiger partial charge in [0.05, 0.1) is 24.4 Å². The van der Waals surface area contributed by atoms with Crippen molar-refractivity contribution >= 4 is 17.9 Å². The molecule has 1 aromatic rings. The molecule has 7 bridgehead atoms. The first-order valence-corrected chi connectivity index (χ1v) is 17.2. The second-order valence-corrected chi connectivity index (χ2v) is 15.0. The molecule has 1 spiro atoms. The fraction of sp³-hybridized carbons (Fsp3) is 0.750. The van der Waals surface area contributed by atoms with E-state index in [2.05, 4.69) is 4.90 Å². The SMILES string of the molecule is CCN1C[C@]2(COC)C(OC(C)=O)C[C@H](OC)[C@@]34[C@@H]5C[C@]6(O)[C@H](OC(=O)c7ccccc7)[C@@H]5[C@@](OC(C)=O)([C@@H]([C@H](OC)[C@H]23)[C@@H]14)[C@@H](O)[C@@H]6OC. The zero-order valence-corrected chi connectivity index (χ0v) is 29.2. The summed E-state index contributed by atoms with van der Waals surface area (Å²) in [6, 6.07) is 8.12. The third-order valence-corrected chi connectivity index (χ3v) is 13.4. The van der Waals surface area contributed by atoms with Crippen molar-refractivity contribution in [2.45, 2.75) is 87.5 Å². The van der Waals surface area contributed by atoms with Crippen molar-refractivity contribution in [3.63, 3.8) is 0 Å². The molecule has 6 fully saturated rings. The summed E-state index contributed by atoms with van der Waals surface area (Å²) in [5.41, 5.74) is -4.92. The van der Waals surface area contributed by atoms with Gasteiger partial charge in [-0.1, -0.05) is 25.1 Å². The zero-order chi connectivity index (χ0) is 35.3. The van der Waals surface area contributed by atoms with Crippen molar-refractivity contribution in [1.82, 2.24) is 4.90 Å². The molecule has 270 valence electrons. The Morgan fingerprint density at radius 2 is 1.63 bits per heavy atom. The number of rotatable bonds is 10. The molecule has 1 saturated heterocycles. The molecule has 0 amide bonds. The number of hydrogen-bond acceptors (Lipinski definition) is 13. The predicted molar refractivity (Wildman–Crippen MR) is 170 cm³/mol. The molecule has 5 saturated carbocycles. The Balaban J connectivity index is 1.53. The van der Waals surface area contributed by atoms with E-state index in [1.54, 1.807) is 51.7 Å². The average Bonchev–Trinajstić information content (AvgIpc) is 3.44. The molecule has 1 aliphatic heterocycles. The van der Waals surface area contributed by atoms with Gasteiger partial charge in [-0.05, 0) is 31.0 Å². The zero-order valence-electron chi connectivity index (χ0n) is 29.2. The van der Waals surface area contributed by atoms with Crippen LogP contribution in [-0.2, 0) is 42.7 Å². The lowest BCUT2D eigenvalue weighted by Gasteiger charge is -2.70. The van der Waals surface area contributed by atoms with E-state index in [1.807, 2.05) is 6.92 Å². The van der Waals surface area contributed by atoms with Crippen LogP contribution in [0.15, 0.2) is 30.3 Å². The van der Waals surface area contributed by atoms with Gasteiger partial charge in [0, 0.05) is 89.9 Å². The molecule has 15 atom stereocenters. The average molecular weight is 688 g/mol. The van der Waals surface area contributed by atoms with E-state index in [-0.39, 0.29) is 24.6 Å². The van der Waals surface area contributed by atoms with Gasteiger partial charge >= 0.3 is 17.9 Å². The van der Waals surface area contributed by atoms with Gasteiger partial charge in [-0.2, -0.15) is 0 Å². The molecule has 0 radical (unpaired) electrons. The number of hydrogen-bond donors (Lipinski definition) is 2. The summed E-state index contributed by atoms with van der Waals surface area (Å²) in [6.07, 6.45) is -5.45. The van der Waals surface area contributed by atoms with Gasteiger partial charge in [-0.25, -0.2) is 4.79 Å². The number of ether oxygens (including phenoxy) is 7. The van der Waals surface area contributed by atoms with Crippen LogP contribution in [0.1, 0.15) is 44.0 Å². The Morgan fingerprint density at radius 1 is 0.918 bits per heavy atom. The van der Waals surface area contributed by atoms with Crippen LogP contribution in [0.25, 0.3) is 0 Å². The van der Waals surface area contributed by atoms with E-state index in [4.69, 9.17) is 33.2 Å². The van der Waals surface area contributed by atoms with Crippen molar-refractivity contribution in [2.24, 2.45) is 34.5 Å². The molecule has 6 aliphatic rings. The normalized spacial score (nSPS) is 47.4. The summed E-state index contributed by atoms with van der Waals surface area (Å²) in [5.74, 6) is -4.24. The number of methoxy groups -OCH3 is 4. The van der Waals surface area contributed by atoms with Gasteiger partial charge in [-0.15, -0.1) is 0 Å². The van der Waals surface area contributed by atoms with Crippen LogP contribution in [0.5, 0.6) is 0 Å². The molecule has 13 heteroatoms. The Hall–Kier alpha value is -2.65. The summed E-state index contributed by atoms with van der Waals surface area (Å²) >= 11 is 0. The molecule has 13 nitrogen and oxygen atoms in total. The largest absolute Gasteiger partial charge is 0.462 e. The first-order chi connectivity index (χ1) is 23.4. The number of likely N-dealkylation sites (tertiary alicyclic amines) is 1. The number of carbonyl (C=O) groups is 3. The summed E-state index contributed by atoms with van der Waals surface area (Å²) in [4.78, 5) is 42.2. The maximum absolute atomic E-state index is 13.8. The molecule has 0 aromatic heterocycles. The molecule has 1 aromatic carbocycles. The minimum absolute atomic E-state index is 0.0534. The van der Waals surface area contributed by atoms with E-state index >= 15 is 0 Å². The third-order valence-electron chi connectivity index (χ3n) is 13.4. The lowest BCUT2D eigenvalue weighted by atomic mass is 9.42. The second-order valence-electron chi connectivity index (χ2n) is 15.0. The standard InChI is InChI=1S/C36H49NO12/c1-8-37-16-33(17-43-4)22(47-18(2)38)14-23(44-5)35-21-15-34(42)30(48-32(41)20-12-10-9-11-13-20)24(21)36(49-19(3)39,29(40)31(34)46-7)25(28(35)37)26(45-6)27(33)35/h9-13,21-31,40,42H,8,14-17H2,1-7H3/t21-,22?,23+,24-,25+,26+,27-,28-,29+,30-,31+,33+,34+,35+,36-/m1/s1. The number of esters is 3. The molecule has 49 heavy (non-hydrogen) atoms. The number of aliphatic hydroxyl groups excluding tert-OH is 1. The van der Waals surface area contributed by atoms with Crippen LogP contribution in [0, 0.1) is 34.5 Å². The number of carbonyl (C=O) groups excluding carboxylic acids is 3. The fourth-order valence-corrected chi connectivity index (χ4v) is 12.7. The molecule has 5 aliphatic carbocycles. The lowest BCUT2D eigenvalue weighted by molar-refractivity contribution is -0.322. The van der Waals surface area contributed by atoms with Gasteiger partial charge in [0.1, 0.15) is 30.0 Å². The van der Waals surface area contributed by atoms with Crippen LogP contribution < -0.4 is 0 Å². The van der Waals surface area contributed by atoms with Crippen molar-refractivity contribution in [1.29, 1.82) is 0 Å². The summed E-state index contributed by atoms with van der Waals surface area (Å²) in [5, 5.41) is 25.5. The molecule has 1 heterocycles. The number of nitrogens with zero attached hydrogens (tertiary/aromatic N) is 1. The topological polar surface area (TPSA) is 160 Å². The van der Waals surface area contributed by atoms with Crippen molar-refractivity contribution in [3.05, 3.63) is 35.9 Å². The Labute approximate surface area is 286 Å². The molecule has 2 N–H and O–H groups in total.